The third-order valence-corrected chi connectivity index (χ3v) is 5.13. The number of rotatable bonds is 6. The molecule has 25 heavy (non-hydrogen) atoms. The van der Waals surface area contributed by atoms with Crippen LogP contribution in [0.3, 0.4) is 0 Å². The molecule has 0 fully saturated rings. The van der Waals surface area contributed by atoms with Crippen LogP contribution in [0.1, 0.15) is 5.56 Å². The van der Waals surface area contributed by atoms with Gasteiger partial charge in [0.15, 0.2) is 6.61 Å². The number of hydrogen-bond donors (Lipinski definition) is 1. The number of fused-ring (bicyclic) bond motifs is 1. The summed E-state index contributed by atoms with van der Waals surface area (Å²) in [5, 5.41) is 6.29. The van der Waals surface area contributed by atoms with E-state index in [9.17, 15) is 9.59 Å². The molecule has 0 radical (unpaired) electrons. The molecule has 2 aromatic heterocycles. The largest absolute Gasteiger partial charge is 0.455 e. The molecular weight excluding hydrogens is 358 g/mol. The van der Waals surface area contributed by atoms with Gasteiger partial charge in [-0.2, -0.15) is 0 Å². The Kier molecular flexibility index (Phi) is 5.62. The van der Waals surface area contributed by atoms with Crippen LogP contribution < -0.4 is 5.32 Å². The summed E-state index contributed by atoms with van der Waals surface area (Å²) in [6, 6.07) is 9.33. The van der Waals surface area contributed by atoms with Gasteiger partial charge >= 0.3 is 5.97 Å². The number of carbonyl (C=O) groups is 2. The van der Waals surface area contributed by atoms with Crippen LogP contribution >= 0.6 is 23.1 Å². The second-order valence-corrected chi connectivity index (χ2v) is 6.99. The lowest BCUT2D eigenvalue weighted by Crippen LogP contribution is -2.22. The lowest BCUT2D eigenvalue weighted by molar-refractivity contribution is -0.144. The van der Waals surface area contributed by atoms with Crippen LogP contribution in [-0.2, 0) is 14.3 Å². The van der Waals surface area contributed by atoms with Gasteiger partial charge < -0.3 is 10.1 Å². The molecule has 0 saturated heterocycles. The van der Waals surface area contributed by atoms with Gasteiger partial charge in [-0.25, -0.2) is 9.97 Å². The SMILES string of the molecule is Cc1ccccc1NC(=O)COC(=O)CSc1ncnc2sccc12. The molecule has 3 aromatic rings. The van der Waals surface area contributed by atoms with Crippen molar-refractivity contribution in [3.05, 3.63) is 47.6 Å². The first-order chi connectivity index (χ1) is 12.1. The number of para-hydroxylation sites is 1. The molecule has 6 nitrogen and oxygen atoms in total. The van der Waals surface area contributed by atoms with E-state index < -0.39 is 5.97 Å². The Morgan fingerprint density at radius 2 is 2.08 bits per heavy atom. The van der Waals surface area contributed by atoms with Crippen LogP contribution in [0.15, 0.2) is 47.1 Å². The number of amides is 1. The number of thioether (sulfide) groups is 1. The van der Waals surface area contributed by atoms with E-state index in [1.807, 2.05) is 36.6 Å². The minimum atomic E-state index is -0.466. The second-order valence-electron chi connectivity index (χ2n) is 5.13. The van der Waals surface area contributed by atoms with E-state index >= 15 is 0 Å². The van der Waals surface area contributed by atoms with Crippen molar-refractivity contribution in [2.75, 3.05) is 17.7 Å². The first kappa shape index (κ1) is 17.4. The average Bonchev–Trinajstić information content (AvgIpc) is 3.09. The number of benzene rings is 1. The molecule has 0 aliphatic carbocycles. The van der Waals surface area contributed by atoms with Crippen LogP contribution in [-0.4, -0.2) is 34.2 Å². The Bertz CT molecular complexity index is 911. The standard InChI is InChI=1S/C17H15N3O3S2/c1-11-4-2-3-5-13(11)20-14(21)8-23-15(22)9-25-17-12-6-7-24-16(12)18-10-19-17/h2-7,10H,8-9H2,1H3,(H,20,21). The summed E-state index contributed by atoms with van der Waals surface area (Å²) in [4.78, 5) is 32.9. The summed E-state index contributed by atoms with van der Waals surface area (Å²) in [5.74, 6) is -0.749. The maximum atomic E-state index is 11.9. The number of ether oxygens (including phenoxy) is 1. The molecule has 8 heteroatoms. The lowest BCUT2D eigenvalue weighted by atomic mass is 10.2. The summed E-state index contributed by atoms with van der Waals surface area (Å²) in [6.07, 6.45) is 1.47. The topological polar surface area (TPSA) is 81.2 Å². The fourth-order valence-corrected chi connectivity index (χ4v) is 3.67. The number of aryl methyl sites for hydroxylation is 1. The van der Waals surface area contributed by atoms with Crippen LogP contribution in [0.5, 0.6) is 0 Å². The van der Waals surface area contributed by atoms with Crippen molar-refractivity contribution in [2.45, 2.75) is 11.9 Å². The van der Waals surface area contributed by atoms with E-state index in [4.69, 9.17) is 4.74 Å². The van der Waals surface area contributed by atoms with Crippen molar-refractivity contribution in [2.24, 2.45) is 0 Å². The van der Waals surface area contributed by atoms with Crippen molar-refractivity contribution >= 4 is 50.9 Å². The summed E-state index contributed by atoms with van der Waals surface area (Å²) in [7, 11) is 0. The first-order valence-corrected chi connectivity index (χ1v) is 9.32. The number of anilines is 1. The zero-order valence-electron chi connectivity index (χ0n) is 13.4. The Hall–Kier alpha value is -2.45. The Morgan fingerprint density at radius 1 is 1.24 bits per heavy atom. The second kappa shape index (κ2) is 8.09. The molecule has 1 amide bonds. The molecule has 0 saturated carbocycles. The molecule has 1 N–H and O–H groups in total. The molecule has 0 atom stereocenters. The van der Waals surface area contributed by atoms with Gasteiger partial charge in [0.1, 0.15) is 16.2 Å². The maximum absolute atomic E-state index is 11.9. The lowest BCUT2D eigenvalue weighted by Gasteiger charge is -2.08. The summed E-state index contributed by atoms with van der Waals surface area (Å²) < 4.78 is 5.02. The van der Waals surface area contributed by atoms with E-state index in [-0.39, 0.29) is 18.3 Å². The number of esters is 1. The zero-order valence-corrected chi connectivity index (χ0v) is 15.0. The van der Waals surface area contributed by atoms with Crippen molar-refractivity contribution in [3.63, 3.8) is 0 Å². The van der Waals surface area contributed by atoms with E-state index in [1.54, 1.807) is 6.07 Å². The maximum Gasteiger partial charge on any atom is 0.316 e. The summed E-state index contributed by atoms with van der Waals surface area (Å²) in [6.45, 7) is 1.58. The average molecular weight is 373 g/mol. The van der Waals surface area contributed by atoms with E-state index in [0.717, 1.165) is 20.8 Å². The van der Waals surface area contributed by atoms with Gasteiger partial charge in [0.05, 0.1) is 5.75 Å². The highest BCUT2D eigenvalue weighted by Crippen LogP contribution is 2.27. The van der Waals surface area contributed by atoms with Gasteiger partial charge in [0, 0.05) is 11.1 Å². The number of carbonyl (C=O) groups excluding carboxylic acids is 2. The van der Waals surface area contributed by atoms with E-state index in [1.165, 1.54) is 29.4 Å². The Morgan fingerprint density at radius 3 is 2.92 bits per heavy atom. The third kappa shape index (κ3) is 4.55. The first-order valence-electron chi connectivity index (χ1n) is 7.45. The normalized spacial score (nSPS) is 10.6. The van der Waals surface area contributed by atoms with Gasteiger partial charge in [-0.3, -0.25) is 9.59 Å². The number of hydrogen-bond acceptors (Lipinski definition) is 7. The monoisotopic (exact) mass is 373 g/mol. The zero-order chi connectivity index (χ0) is 17.6. The minimum absolute atomic E-state index is 0.0829. The Labute approximate surface area is 152 Å². The Balaban J connectivity index is 1.47. The van der Waals surface area contributed by atoms with Crippen LogP contribution in [0.25, 0.3) is 10.2 Å². The molecule has 0 unspecified atom stereocenters. The summed E-state index contributed by atoms with van der Waals surface area (Å²) >= 11 is 2.79. The molecule has 0 spiro atoms. The highest BCUT2D eigenvalue weighted by molar-refractivity contribution is 8.00. The van der Waals surface area contributed by atoms with Gasteiger partial charge in [-0.15, -0.1) is 11.3 Å². The van der Waals surface area contributed by atoms with Crippen molar-refractivity contribution < 1.29 is 14.3 Å². The molecular formula is C17H15N3O3S2. The summed E-state index contributed by atoms with van der Waals surface area (Å²) in [5.41, 5.74) is 1.65. The van der Waals surface area contributed by atoms with Gasteiger partial charge in [0.2, 0.25) is 0 Å². The highest BCUT2D eigenvalue weighted by atomic mass is 32.2. The predicted octanol–water partition coefficient (Wildman–Crippen LogP) is 3.27. The molecule has 128 valence electrons. The van der Waals surface area contributed by atoms with Crippen molar-refractivity contribution in [1.29, 1.82) is 0 Å². The molecule has 0 aliphatic rings. The van der Waals surface area contributed by atoms with Gasteiger partial charge in [-0.05, 0) is 30.0 Å². The number of thiophene rings is 1. The predicted molar refractivity (Wildman–Crippen MR) is 98.9 cm³/mol. The van der Waals surface area contributed by atoms with Crippen molar-refractivity contribution in [3.8, 4) is 0 Å². The third-order valence-electron chi connectivity index (χ3n) is 3.34. The van der Waals surface area contributed by atoms with Crippen LogP contribution in [0.2, 0.25) is 0 Å². The van der Waals surface area contributed by atoms with Gasteiger partial charge in [0.25, 0.3) is 5.91 Å². The minimum Gasteiger partial charge on any atom is -0.455 e. The number of nitrogens with zero attached hydrogens (tertiary/aromatic N) is 2. The molecule has 1 aromatic carbocycles. The van der Waals surface area contributed by atoms with Crippen LogP contribution in [0.4, 0.5) is 5.69 Å². The number of aromatic nitrogens is 2. The number of nitrogens with one attached hydrogen (secondary N) is 1. The highest BCUT2D eigenvalue weighted by Gasteiger charge is 2.12. The molecule has 3 rings (SSSR count). The quantitative estimate of drug-likeness (QED) is 0.406. The fourth-order valence-electron chi connectivity index (χ4n) is 2.10. The van der Waals surface area contributed by atoms with E-state index in [0.29, 0.717) is 5.69 Å². The van der Waals surface area contributed by atoms with Gasteiger partial charge in [-0.1, -0.05) is 30.0 Å². The molecule has 0 aliphatic heterocycles. The molecule has 0 bridgehead atoms. The molecule has 2 heterocycles. The van der Waals surface area contributed by atoms with Crippen molar-refractivity contribution in [1.82, 2.24) is 9.97 Å². The van der Waals surface area contributed by atoms with E-state index in [2.05, 4.69) is 15.3 Å². The fraction of sp³-hybridized carbons (Fsp3) is 0.176. The van der Waals surface area contributed by atoms with Crippen LogP contribution in [0, 0.1) is 6.92 Å². The smallest absolute Gasteiger partial charge is 0.316 e.